The number of rotatable bonds is 9. The van der Waals surface area contributed by atoms with Crippen molar-refractivity contribution >= 4 is 0 Å². The third-order valence-corrected chi connectivity index (χ3v) is 5.44. The van der Waals surface area contributed by atoms with Crippen LogP contribution in [-0.4, -0.2) is 39.8 Å². The first kappa shape index (κ1) is 22.6. The van der Waals surface area contributed by atoms with E-state index >= 15 is 0 Å². The summed E-state index contributed by atoms with van der Waals surface area (Å²) in [5, 5.41) is 0. The van der Waals surface area contributed by atoms with E-state index in [1.807, 2.05) is 20.0 Å². The van der Waals surface area contributed by atoms with Crippen LogP contribution in [0.1, 0.15) is 36.8 Å². The van der Waals surface area contributed by atoms with Crippen molar-refractivity contribution in [3.05, 3.63) is 70.3 Å². The standard InChI is InChI=1S/C24H30N4O3/c1-16-6-8-22(26-12-16)18(3)17(2)15-31-24-21(13-25-19(4)27-24)20-7-9-23(29)28(14-20)10-11-30-5/h6-9,12-14,17-18H,10-11,15H2,1-5H3/t17-,18?/m1/s1. The van der Waals surface area contributed by atoms with Gasteiger partial charge in [-0.1, -0.05) is 19.9 Å². The second-order valence-electron chi connectivity index (χ2n) is 7.92. The molecule has 0 saturated carbocycles. The second-order valence-corrected chi connectivity index (χ2v) is 7.92. The minimum Gasteiger partial charge on any atom is -0.477 e. The number of aromatic nitrogens is 4. The van der Waals surface area contributed by atoms with Gasteiger partial charge in [0.1, 0.15) is 5.82 Å². The van der Waals surface area contributed by atoms with Crippen LogP contribution in [0.4, 0.5) is 0 Å². The van der Waals surface area contributed by atoms with Gasteiger partial charge in [0.25, 0.3) is 5.56 Å². The summed E-state index contributed by atoms with van der Waals surface area (Å²) < 4.78 is 12.9. The highest BCUT2D eigenvalue weighted by molar-refractivity contribution is 5.66. The molecule has 0 aromatic carbocycles. The summed E-state index contributed by atoms with van der Waals surface area (Å²) in [4.78, 5) is 25.5. The zero-order valence-electron chi connectivity index (χ0n) is 18.8. The molecule has 31 heavy (non-hydrogen) atoms. The Morgan fingerprint density at radius 2 is 1.87 bits per heavy atom. The molecule has 7 heteroatoms. The van der Waals surface area contributed by atoms with Crippen molar-refractivity contribution in [3.63, 3.8) is 0 Å². The lowest BCUT2D eigenvalue weighted by Crippen LogP contribution is -2.21. The van der Waals surface area contributed by atoms with Crippen LogP contribution in [0.15, 0.2) is 47.7 Å². The molecule has 3 heterocycles. The van der Waals surface area contributed by atoms with Crippen molar-refractivity contribution in [2.75, 3.05) is 20.3 Å². The Bertz CT molecular complexity index is 1060. The predicted octanol–water partition coefficient (Wildman–Crippen LogP) is 3.78. The maximum absolute atomic E-state index is 12.1. The topological polar surface area (TPSA) is 79.1 Å². The number of ether oxygens (including phenoxy) is 2. The Morgan fingerprint density at radius 3 is 2.58 bits per heavy atom. The first-order valence-electron chi connectivity index (χ1n) is 10.5. The summed E-state index contributed by atoms with van der Waals surface area (Å²) >= 11 is 0. The van der Waals surface area contributed by atoms with Gasteiger partial charge >= 0.3 is 0 Å². The third-order valence-electron chi connectivity index (χ3n) is 5.44. The summed E-state index contributed by atoms with van der Waals surface area (Å²) in [5.41, 5.74) is 3.69. The zero-order chi connectivity index (χ0) is 22.4. The summed E-state index contributed by atoms with van der Waals surface area (Å²) in [6.07, 6.45) is 5.43. The number of hydrogen-bond acceptors (Lipinski definition) is 6. The normalized spacial score (nSPS) is 13.1. The highest BCUT2D eigenvalue weighted by Gasteiger charge is 2.18. The Labute approximate surface area is 183 Å². The fourth-order valence-electron chi connectivity index (χ4n) is 3.21. The van der Waals surface area contributed by atoms with Crippen molar-refractivity contribution in [1.82, 2.24) is 19.5 Å². The average molecular weight is 423 g/mol. The van der Waals surface area contributed by atoms with Crippen LogP contribution >= 0.6 is 0 Å². The van der Waals surface area contributed by atoms with E-state index in [0.717, 1.165) is 22.4 Å². The first-order chi connectivity index (χ1) is 14.9. The number of pyridine rings is 2. The smallest absolute Gasteiger partial charge is 0.250 e. The number of hydrogen-bond donors (Lipinski definition) is 0. The van der Waals surface area contributed by atoms with Crippen LogP contribution in [0.25, 0.3) is 11.1 Å². The number of methoxy groups -OCH3 is 1. The summed E-state index contributed by atoms with van der Waals surface area (Å²) in [6, 6.07) is 7.47. The number of aryl methyl sites for hydroxylation is 2. The van der Waals surface area contributed by atoms with Gasteiger partial charge in [-0.3, -0.25) is 9.78 Å². The average Bonchev–Trinajstić information content (AvgIpc) is 2.77. The molecule has 7 nitrogen and oxygen atoms in total. The van der Waals surface area contributed by atoms with Crippen LogP contribution in [0.3, 0.4) is 0 Å². The van der Waals surface area contributed by atoms with Gasteiger partial charge in [0.15, 0.2) is 0 Å². The van der Waals surface area contributed by atoms with Crippen molar-refractivity contribution in [2.45, 2.75) is 40.2 Å². The fraction of sp³-hybridized carbons (Fsp3) is 0.417. The fourth-order valence-corrected chi connectivity index (χ4v) is 3.21. The number of nitrogens with zero attached hydrogens (tertiary/aromatic N) is 4. The van der Waals surface area contributed by atoms with E-state index < -0.39 is 0 Å². The second kappa shape index (κ2) is 10.3. The molecule has 0 saturated heterocycles. The third kappa shape index (κ3) is 5.76. The van der Waals surface area contributed by atoms with Crippen LogP contribution in [-0.2, 0) is 11.3 Å². The highest BCUT2D eigenvalue weighted by atomic mass is 16.5. The SMILES string of the molecule is COCCn1cc(-c2cnc(C)nc2OC[C@@H](C)C(C)c2ccc(C)cn2)ccc1=O. The maximum Gasteiger partial charge on any atom is 0.250 e. The van der Waals surface area contributed by atoms with Gasteiger partial charge in [-0.15, -0.1) is 0 Å². The molecule has 164 valence electrons. The van der Waals surface area contributed by atoms with Crippen molar-refractivity contribution in [1.29, 1.82) is 0 Å². The van der Waals surface area contributed by atoms with Crippen molar-refractivity contribution < 1.29 is 9.47 Å². The van der Waals surface area contributed by atoms with Crippen LogP contribution in [0, 0.1) is 19.8 Å². The van der Waals surface area contributed by atoms with E-state index in [1.54, 1.807) is 36.2 Å². The van der Waals surface area contributed by atoms with Gasteiger partial charge in [-0.2, -0.15) is 4.98 Å². The lowest BCUT2D eigenvalue weighted by molar-refractivity contribution is 0.186. The molecule has 0 radical (unpaired) electrons. The highest BCUT2D eigenvalue weighted by Crippen LogP contribution is 2.29. The zero-order valence-corrected chi connectivity index (χ0v) is 18.8. The van der Waals surface area contributed by atoms with E-state index in [9.17, 15) is 4.79 Å². The van der Waals surface area contributed by atoms with Crippen molar-refractivity contribution in [2.24, 2.45) is 5.92 Å². The lowest BCUT2D eigenvalue weighted by Gasteiger charge is -2.21. The van der Waals surface area contributed by atoms with Crippen LogP contribution < -0.4 is 10.3 Å². The Morgan fingerprint density at radius 1 is 1.06 bits per heavy atom. The molecule has 0 spiro atoms. The molecule has 0 N–H and O–H groups in total. The van der Waals surface area contributed by atoms with Gasteiger partial charge in [-0.25, -0.2) is 4.98 Å². The van der Waals surface area contributed by atoms with E-state index in [4.69, 9.17) is 9.47 Å². The molecular formula is C24H30N4O3. The van der Waals surface area contributed by atoms with E-state index in [2.05, 4.69) is 40.9 Å². The molecule has 0 amide bonds. The summed E-state index contributed by atoms with van der Waals surface area (Å²) in [5.74, 6) is 1.62. The molecule has 3 aromatic rings. The van der Waals surface area contributed by atoms with Gasteiger partial charge in [0.05, 0.1) is 18.8 Å². The molecule has 2 atom stereocenters. The Kier molecular flexibility index (Phi) is 7.52. The Hall–Kier alpha value is -3.06. The monoisotopic (exact) mass is 422 g/mol. The predicted molar refractivity (Wildman–Crippen MR) is 120 cm³/mol. The molecule has 3 rings (SSSR count). The minimum atomic E-state index is -0.0793. The summed E-state index contributed by atoms with van der Waals surface area (Å²) in [6.45, 7) is 9.59. The molecule has 0 aliphatic heterocycles. The molecule has 0 aliphatic carbocycles. The first-order valence-corrected chi connectivity index (χ1v) is 10.5. The largest absolute Gasteiger partial charge is 0.477 e. The van der Waals surface area contributed by atoms with Gasteiger partial charge in [-0.05, 0) is 37.5 Å². The lowest BCUT2D eigenvalue weighted by atomic mass is 9.93. The molecule has 1 unspecified atom stereocenters. The maximum atomic E-state index is 12.1. The van der Waals surface area contributed by atoms with Gasteiger partial charge < -0.3 is 14.0 Å². The quantitative estimate of drug-likeness (QED) is 0.522. The Balaban J connectivity index is 1.80. The van der Waals surface area contributed by atoms with Crippen LogP contribution in [0.5, 0.6) is 5.88 Å². The van der Waals surface area contributed by atoms with Gasteiger partial charge in [0, 0.05) is 55.5 Å². The summed E-state index contributed by atoms with van der Waals surface area (Å²) in [7, 11) is 1.61. The van der Waals surface area contributed by atoms with E-state index in [1.165, 1.54) is 0 Å². The van der Waals surface area contributed by atoms with E-state index in [0.29, 0.717) is 31.5 Å². The molecule has 0 fully saturated rings. The van der Waals surface area contributed by atoms with E-state index in [-0.39, 0.29) is 17.4 Å². The minimum absolute atomic E-state index is 0.0793. The molecule has 0 aliphatic rings. The van der Waals surface area contributed by atoms with Crippen LogP contribution in [0.2, 0.25) is 0 Å². The van der Waals surface area contributed by atoms with Gasteiger partial charge in [0.2, 0.25) is 5.88 Å². The molecule has 0 bridgehead atoms. The van der Waals surface area contributed by atoms with Crippen molar-refractivity contribution in [3.8, 4) is 17.0 Å². The molecular weight excluding hydrogens is 392 g/mol. The molecule has 3 aromatic heterocycles.